The quantitative estimate of drug-likeness (QED) is 0.782. The Morgan fingerprint density at radius 1 is 1.18 bits per heavy atom. The minimum atomic E-state index is 0.195. The van der Waals surface area contributed by atoms with Crippen LogP contribution in [0.2, 0.25) is 0 Å². The third-order valence-corrected chi connectivity index (χ3v) is 2.82. The van der Waals surface area contributed by atoms with Crippen LogP contribution in [-0.4, -0.2) is 24.4 Å². The number of carbonyl (C=O) groups excluding carboxylic acids is 1. The first-order chi connectivity index (χ1) is 7.88. The smallest absolute Gasteiger partial charge is 0.226 e. The molecule has 0 heterocycles. The van der Waals surface area contributed by atoms with Crippen LogP contribution in [0, 0.1) is 5.41 Å². The Hall–Kier alpha value is -1.31. The molecule has 0 N–H and O–H groups in total. The van der Waals surface area contributed by atoms with Gasteiger partial charge in [0, 0.05) is 13.6 Å². The van der Waals surface area contributed by atoms with E-state index in [9.17, 15) is 4.79 Å². The van der Waals surface area contributed by atoms with Crippen LogP contribution in [0.1, 0.15) is 32.8 Å². The fourth-order valence-corrected chi connectivity index (χ4v) is 1.53. The molecule has 0 spiro atoms. The van der Waals surface area contributed by atoms with Crippen LogP contribution in [0.4, 0.5) is 0 Å². The zero-order valence-corrected chi connectivity index (χ0v) is 11.4. The normalized spacial score (nSPS) is 11.3. The monoisotopic (exact) mass is 233 g/mol. The average Bonchev–Trinajstić information content (AvgIpc) is 2.26. The third-order valence-electron chi connectivity index (χ3n) is 2.82. The molecule has 0 aromatic heterocycles. The largest absolute Gasteiger partial charge is 0.345 e. The second-order valence-corrected chi connectivity index (χ2v) is 5.79. The summed E-state index contributed by atoms with van der Waals surface area (Å²) in [6.45, 7) is 7.42. The van der Waals surface area contributed by atoms with Crippen molar-refractivity contribution < 1.29 is 4.79 Å². The van der Waals surface area contributed by atoms with Gasteiger partial charge in [0.2, 0.25) is 5.91 Å². The van der Waals surface area contributed by atoms with Crippen molar-refractivity contribution in [2.24, 2.45) is 5.41 Å². The van der Waals surface area contributed by atoms with Crippen LogP contribution in [0.15, 0.2) is 30.3 Å². The lowest BCUT2D eigenvalue weighted by Gasteiger charge is -2.23. The van der Waals surface area contributed by atoms with Crippen LogP contribution in [0.5, 0.6) is 0 Å². The number of benzene rings is 1. The summed E-state index contributed by atoms with van der Waals surface area (Å²) in [4.78, 5) is 13.8. The van der Waals surface area contributed by atoms with Gasteiger partial charge < -0.3 is 4.90 Å². The summed E-state index contributed by atoms with van der Waals surface area (Å²) in [5, 5.41) is 0. The van der Waals surface area contributed by atoms with Gasteiger partial charge in [-0.3, -0.25) is 4.79 Å². The number of amides is 1. The summed E-state index contributed by atoms with van der Waals surface area (Å²) in [7, 11) is 1.89. The second kappa shape index (κ2) is 5.85. The highest BCUT2D eigenvalue weighted by molar-refractivity contribution is 5.78. The predicted octanol–water partition coefficient (Wildman–Crippen LogP) is 3.12. The molecule has 1 aromatic rings. The molecule has 0 bridgehead atoms. The lowest BCUT2D eigenvalue weighted by molar-refractivity contribution is -0.129. The first kappa shape index (κ1) is 13.8. The van der Waals surface area contributed by atoms with Crippen molar-refractivity contribution in [2.45, 2.75) is 33.6 Å². The van der Waals surface area contributed by atoms with Crippen molar-refractivity contribution in [3.8, 4) is 0 Å². The molecule has 0 aliphatic rings. The molecular formula is C15H23NO. The Balaban J connectivity index is 2.43. The van der Waals surface area contributed by atoms with Crippen molar-refractivity contribution in [2.75, 3.05) is 13.6 Å². The molecule has 0 aliphatic carbocycles. The minimum absolute atomic E-state index is 0.195. The van der Waals surface area contributed by atoms with Gasteiger partial charge >= 0.3 is 0 Å². The Kier molecular flexibility index (Phi) is 4.73. The van der Waals surface area contributed by atoms with Gasteiger partial charge in [-0.15, -0.1) is 0 Å². The van der Waals surface area contributed by atoms with Crippen LogP contribution >= 0.6 is 0 Å². The first-order valence-electron chi connectivity index (χ1n) is 6.16. The summed E-state index contributed by atoms with van der Waals surface area (Å²) in [6.07, 6.45) is 1.53. The van der Waals surface area contributed by atoms with Gasteiger partial charge in [0.25, 0.3) is 0 Å². The van der Waals surface area contributed by atoms with E-state index in [1.165, 1.54) is 0 Å². The van der Waals surface area contributed by atoms with E-state index < -0.39 is 0 Å². The van der Waals surface area contributed by atoms with Gasteiger partial charge in [0.1, 0.15) is 0 Å². The van der Waals surface area contributed by atoms with Gasteiger partial charge in [-0.05, 0) is 17.4 Å². The van der Waals surface area contributed by atoms with Crippen molar-refractivity contribution in [3.63, 3.8) is 0 Å². The SMILES string of the molecule is CN(CCC(C)(C)C)C(=O)Cc1ccccc1. The summed E-state index contributed by atoms with van der Waals surface area (Å²) in [6, 6.07) is 9.90. The van der Waals surface area contributed by atoms with E-state index >= 15 is 0 Å². The number of hydrogen-bond acceptors (Lipinski definition) is 1. The number of rotatable bonds is 4. The topological polar surface area (TPSA) is 20.3 Å². The summed E-state index contributed by atoms with van der Waals surface area (Å²) in [5.41, 5.74) is 1.36. The highest BCUT2D eigenvalue weighted by atomic mass is 16.2. The van der Waals surface area contributed by atoms with Gasteiger partial charge in [-0.25, -0.2) is 0 Å². The van der Waals surface area contributed by atoms with E-state index in [2.05, 4.69) is 20.8 Å². The van der Waals surface area contributed by atoms with E-state index in [0.717, 1.165) is 18.5 Å². The molecule has 2 heteroatoms. The number of nitrogens with zero attached hydrogens (tertiary/aromatic N) is 1. The zero-order valence-electron chi connectivity index (χ0n) is 11.4. The van der Waals surface area contributed by atoms with E-state index in [1.54, 1.807) is 0 Å². The van der Waals surface area contributed by atoms with Crippen molar-refractivity contribution in [1.82, 2.24) is 4.90 Å². The average molecular weight is 233 g/mol. The lowest BCUT2D eigenvalue weighted by atomic mass is 9.92. The molecule has 1 amide bonds. The summed E-state index contributed by atoms with van der Waals surface area (Å²) in [5.74, 6) is 0.195. The first-order valence-corrected chi connectivity index (χ1v) is 6.16. The molecule has 2 nitrogen and oxygen atoms in total. The van der Waals surface area contributed by atoms with Crippen LogP contribution in [-0.2, 0) is 11.2 Å². The molecule has 0 radical (unpaired) electrons. The molecule has 0 saturated carbocycles. The molecule has 0 aliphatic heterocycles. The van der Waals surface area contributed by atoms with E-state index in [4.69, 9.17) is 0 Å². The summed E-state index contributed by atoms with van der Waals surface area (Å²) < 4.78 is 0. The Morgan fingerprint density at radius 2 is 1.76 bits per heavy atom. The highest BCUT2D eigenvalue weighted by Gasteiger charge is 2.14. The molecule has 17 heavy (non-hydrogen) atoms. The maximum atomic E-state index is 12.0. The number of hydrogen-bond donors (Lipinski definition) is 0. The highest BCUT2D eigenvalue weighted by Crippen LogP contribution is 2.18. The molecule has 94 valence electrons. The molecule has 0 saturated heterocycles. The Bertz CT molecular complexity index is 351. The molecule has 0 atom stereocenters. The molecule has 0 fully saturated rings. The maximum Gasteiger partial charge on any atom is 0.226 e. The van der Waals surface area contributed by atoms with E-state index in [0.29, 0.717) is 6.42 Å². The summed E-state index contributed by atoms with van der Waals surface area (Å²) >= 11 is 0. The van der Waals surface area contributed by atoms with E-state index in [-0.39, 0.29) is 11.3 Å². The fourth-order valence-electron chi connectivity index (χ4n) is 1.53. The Labute approximate surface area is 105 Å². The van der Waals surface area contributed by atoms with Crippen molar-refractivity contribution in [3.05, 3.63) is 35.9 Å². The van der Waals surface area contributed by atoms with Gasteiger partial charge in [0.05, 0.1) is 6.42 Å². The van der Waals surface area contributed by atoms with Crippen LogP contribution < -0.4 is 0 Å². The lowest BCUT2D eigenvalue weighted by Crippen LogP contribution is -2.31. The second-order valence-electron chi connectivity index (χ2n) is 5.79. The molecule has 1 rings (SSSR count). The van der Waals surface area contributed by atoms with Gasteiger partial charge in [0.15, 0.2) is 0 Å². The van der Waals surface area contributed by atoms with Crippen molar-refractivity contribution >= 4 is 5.91 Å². The zero-order chi connectivity index (χ0) is 12.9. The fraction of sp³-hybridized carbons (Fsp3) is 0.533. The predicted molar refractivity (Wildman–Crippen MR) is 71.9 cm³/mol. The number of carbonyl (C=O) groups is 1. The van der Waals surface area contributed by atoms with Crippen LogP contribution in [0.25, 0.3) is 0 Å². The maximum absolute atomic E-state index is 12.0. The van der Waals surface area contributed by atoms with Gasteiger partial charge in [-0.1, -0.05) is 51.1 Å². The molecular weight excluding hydrogens is 210 g/mol. The van der Waals surface area contributed by atoms with E-state index in [1.807, 2.05) is 42.3 Å². The Morgan fingerprint density at radius 3 is 2.29 bits per heavy atom. The molecule has 1 aromatic carbocycles. The minimum Gasteiger partial charge on any atom is -0.345 e. The van der Waals surface area contributed by atoms with Crippen molar-refractivity contribution in [1.29, 1.82) is 0 Å². The standard InChI is InChI=1S/C15H23NO/c1-15(2,3)10-11-16(4)14(17)12-13-8-6-5-7-9-13/h5-9H,10-12H2,1-4H3. The number of likely N-dealkylation sites (N-methyl/N-ethyl adjacent to an activating group) is 1. The van der Waals surface area contributed by atoms with Crippen LogP contribution in [0.3, 0.4) is 0 Å². The van der Waals surface area contributed by atoms with Gasteiger partial charge in [-0.2, -0.15) is 0 Å². The third kappa shape index (κ3) is 5.53. The molecule has 0 unspecified atom stereocenters.